The normalized spacial score (nSPS) is 10.1. The highest BCUT2D eigenvalue weighted by Gasteiger charge is 2.04. The molecule has 4 heteroatoms. The van der Waals surface area contributed by atoms with Gasteiger partial charge in [0.05, 0.1) is 5.88 Å². The molecule has 0 aliphatic heterocycles. The zero-order valence-corrected chi connectivity index (χ0v) is 10.7. The number of halogens is 2. The van der Waals surface area contributed by atoms with E-state index in [1.54, 1.807) is 6.20 Å². The first-order chi connectivity index (χ1) is 7.79. The summed E-state index contributed by atoms with van der Waals surface area (Å²) in [6, 6.07) is 11.3. The first kappa shape index (κ1) is 11.4. The van der Waals surface area contributed by atoms with E-state index in [0.29, 0.717) is 11.8 Å². The molecule has 0 bridgehead atoms. The Morgan fingerprint density at radius 3 is 2.88 bits per heavy atom. The SMILES string of the molecule is ClCc1cccnc1Oc1cccc(Br)c1. The third-order valence-electron chi connectivity index (χ3n) is 2.00. The van der Waals surface area contributed by atoms with Gasteiger partial charge in [0.2, 0.25) is 5.88 Å². The molecule has 2 rings (SSSR count). The quantitative estimate of drug-likeness (QED) is 0.785. The van der Waals surface area contributed by atoms with Gasteiger partial charge in [0.25, 0.3) is 0 Å². The van der Waals surface area contributed by atoms with Gasteiger partial charge in [0.15, 0.2) is 0 Å². The topological polar surface area (TPSA) is 22.1 Å². The van der Waals surface area contributed by atoms with Gasteiger partial charge in [0.1, 0.15) is 5.75 Å². The van der Waals surface area contributed by atoms with Gasteiger partial charge in [-0.15, -0.1) is 11.6 Å². The van der Waals surface area contributed by atoms with Crippen LogP contribution >= 0.6 is 27.5 Å². The summed E-state index contributed by atoms with van der Waals surface area (Å²) in [7, 11) is 0. The summed E-state index contributed by atoms with van der Waals surface area (Å²) in [6.45, 7) is 0. The number of alkyl halides is 1. The number of nitrogens with zero attached hydrogens (tertiary/aromatic N) is 1. The van der Waals surface area contributed by atoms with Gasteiger partial charge in [-0.2, -0.15) is 0 Å². The molecule has 0 saturated heterocycles. The lowest BCUT2D eigenvalue weighted by molar-refractivity contribution is 0.458. The van der Waals surface area contributed by atoms with E-state index in [4.69, 9.17) is 16.3 Å². The van der Waals surface area contributed by atoms with Crippen molar-refractivity contribution < 1.29 is 4.74 Å². The highest BCUT2D eigenvalue weighted by atomic mass is 79.9. The molecule has 16 heavy (non-hydrogen) atoms. The standard InChI is InChI=1S/C12H9BrClNO/c13-10-4-1-5-11(7-10)16-12-9(8-14)3-2-6-15-12/h1-7H,8H2. The molecule has 0 aliphatic rings. The van der Waals surface area contributed by atoms with E-state index in [-0.39, 0.29) is 0 Å². The second kappa shape index (κ2) is 5.32. The van der Waals surface area contributed by atoms with Crippen molar-refractivity contribution in [3.05, 3.63) is 52.6 Å². The van der Waals surface area contributed by atoms with Gasteiger partial charge in [-0.1, -0.05) is 28.1 Å². The molecule has 0 unspecified atom stereocenters. The van der Waals surface area contributed by atoms with Crippen LogP contribution in [-0.2, 0) is 5.88 Å². The lowest BCUT2D eigenvalue weighted by Gasteiger charge is -2.07. The predicted molar refractivity (Wildman–Crippen MR) is 68.0 cm³/mol. The van der Waals surface area contributed by atoms with E-state index in [9.17, 15) is 0 Å². The molecule has 2 aromatic rings. The maximum absolute atomic E-state index is 5.80. The van der Waals surface area contributed by atoms with Gasteiger partial charge >= 0.3 is 0 Å². The van der Waals surface area contributed by atoms with Crippen LogP contribution in [0.15, 0.2) is 47.1 Å². The Kier molecular flexibility index (Phi) is 3.80. The minimum absolute atomic E-state index is 0.386. The van der Waals surface area contributed by atoms with Gasteiger partial charge in [0, 0.05) is 16.2 Å². The fraction of sp³-hybridized carbons (Fsp3) is 0.0833. The van der Waals surface area contributed by atoms with Crippen LogP contribution in [-0.4, -0.2) is 4.98 Å². The molecule has 1 heterocycles. The van der Waals surface area contributed by atoms with Crippen LogP contribution in [0.1, 0.15) is 5.56 Å². The maximum atomic E-state index is 5.80. The number of benzene rings is 1. The smallest absolute Gasteiger partial charge is 0.223 e. The Morgan fingerprint density at radius 2 is 2.12 bits per heavy atom. The van der Waals surface area contributed by atoms with Crippen molar-refractivity contribution in [3.63, 3.8) is 0 Å². The van der Waals surface area contributed by atoms with Crippen molar-refractivity contribution >= 4 is 27.5 Å². The molecule has 0 saturated carbocycles. The summed E-state index contributed by atoms with van der Waals surface area (Å²) in [6.07, 6.45) is 1.68. The number of aromatic nitrogens is 1. The van der Waals surface area contributed by atoms with Crippen molar-refractivity contribution in [2.75, 3.05) is 0 Å². The van der Waals surface area contributed by atoms with Gasteiger partial charge in [-0.25, -0.2) is 4.98 Å². The van der Waals surface area contributed by atoms with Crippen molar-refractivity contribution in [2.45, 2.75) is 5.88 Å². The highest BCUT2D eigenvalue weighted by Crippen LogP contribution is 2.25. The van der Waals surface area contributed by atoms with Gasteiger partial charge < -0.3 is 4.74 Å². The molecule has 1 aromatic heterocycles. The third kappa shape index (κ3) is 2.74. The van der Waals surface area contributed by atoms with Gasteiger partial charge in [-0.05, 0) is 24.3 Å². The van der Waals surface area contributed by atoms with Crippen LogP contribution in [0.4, 0.5) is 0 Å². The van der Waals surface area contributed by atoms with Crippen molar-refractivity contribution in [1.29, 1.82) is 0 Å². The number of pyridine rings is 1. The summed E-state index contributed by atoms with van der Waals surface area (Å²) in [5.74, 6) is 1.67. The third-order valence-corrected chi connectivity index (χ3v) is 2.79. The Morgan fingerprint density at radius 1 is 1.25 bits per heavy atom. The average Bonchev–Trinajstić information content (AvgIpc) is 2.30. The summed E-state index contributed by atoms with van der Waals surface area (Å²) in [5, 5.41) is 0. The molecule has 0 N–H and O–H groups in total. The Labute approximate surface area is 107 Å². The lowest BCUT2D eigenvalue weighted by Crippen LogP contribution is -1.92. The monoisotopic (exact) mass is 297 g/mol. The molecular weight excluding hydrogens is 289 g/mol. The highest BCUT2D eigenvalue weighted by molar-refractivity contribution is 9.10. The molecular formula is C12H9BrClNO. The Hall–Kier alpha value is -1.06. The summed E-state index contributed by atoms with van der Waals surface area (Å²) >= 11 is 9.18. The number of hydrogen-bond donors (Lipinski definition) is 0. The fourth-order valence-electron chi connectivity index (χ4n) is 1.26. The van der Waals surface area contributed by atoms with E-state index < -0.39 is 0 Å². The van der Waals surface area contributed by atoms with Crippen molar-refractivity contribution in [1.82, 2.24) is 4.98 Å². The molecule has 1 aromatic carbocycles. The zero-order chi connectivity index (χ0) is 11.4. The number of hydrogen-bond acceptors (Lipinski definition) is 2. The second-order valence-electron chi connectivity index (χ2n) is 3.16. The lowest BCUT2D eigenvalue weighted by atomic mass is 10.3. The van der Waals surface area contributed by atoms with Crippen molar-refractivity contribution in [2.24, 2.45) is 0 Å². The largest absolute Gasteiger partial charge is 0.439 e. The van der Waals surface area contributed by atoms with E-state index in [0.717, 1.165) is 15.8 Å². The molecule has 0 aliphatic carbocycles. The van der Waals surface area contributed by atoms with Gasteiger partial charge in [-0.3, -0.25) is 0 Å². The number of ether oxygens (including phenoxy) is 1. The van der Waals surface area contributed by atoms with Crippen LogP contribution in [0.25, 0.3) is 0 Å². The molecule has 0 fully saturated rings. The van der Waals surface area contributed by atoms with E-state index in [1.165, 1.54) is 0 Å². The second-order valence-corrected chi connectivity index (χ2v) is 4.34. The first-order valence-electron chi connectivity index (χ1n) is 4.73. The van der Waals surface area contributed by atoms with E-state index in [2.05, 4.69) is 20.9 Å². The Balaban J connectivity index is 2.26. The maximum Gasteiger partial charge on any atom is 0.223 e. The molecule has 2 nitrogen and oxygen atoms in total. The number of rotatable bonds is 3. The molecule has 0 amide bonds. The molecule has 0 spiro atoms. The summed E-state index contributed by atoms with van der Waals surface area (Å²) in [5.41, 5.74) is 0.879. The van der Waals surface area contributed by atoms with Crippen LogP contribution < -0.4 is 4.74 Å². The Bertz CT molecular complexity index is 490. The summed E-state index contributed by atoms with van der Waals surface area (Å²) < 4.78 is 6.62. The first-order valence-corrected chi connectivity index (χ1v) is 6.05. The fourth-order valence-corrected chi connectivity index (χ4v) is 1.84. The average molecular weight is 299 g/mol. The molecule has 0 radical (unpaired) electrons. The molecule has 82 valence electrons. The summed E-state index contributed by atoms with van der Waals surface area (Å²) in [4.78, 5) is 4.15. The van der Waals surface area contributed by atoms with Crippen LogP contribution in [0, 0.1) is 0 Å². The zero-order valence-electron chi connectivity index (χ0n) is 8.36. The predicted octanol–water partition coefficient (Wildman–Crippen LogP) is 4.38. The van der Waals surface area contributed by atoms with E-state index >= 15 is 0 Å². The van der Waals surface area contributed by atoms with Crippen LogP contribution in [0.5, 0.6) is 11.6 Å². The van der Waals surface area contributed by atoms with Crippen LogP contribution in [0.3, 0.4) is 0 Å². The van der Waals surface area contributed by atoms with Crippen LogP contribution in [0.2, 0.25) is 0 Å². The minimum Gasteiger partial charge on any atom is -0.439 e. The van der Waals surface area contributed by atoms with E-state index in [1.807, 2.05) is 36.4 Å². The minimum atomic E-state index is 0.386. The van der Waals surface area contributed by atoms with Crippen molar-refractivity contribution in [3.8, 4) is 11.6 Å². The molecule has 0 atom stereocenters.